The molecule has 4 nitrogen and oxygen atoms in total. The van der Waals surface area contributed by atoms with Crippen LogP contribution >= 0.6 is 0 Å². The van der Waals surface area contributed by atoms with Crippen molar-refractivity contribution in [1.82, 2.24) is 5.32 Å². The Labute approximate surface area is 125 Å². The van der Waals surface area contributed by atoms with Crippen LogP contribution in [0.2, 0.25) is 0 Å². The van der Waals surface area contributed by atoms with E-state index in [-0.39, 0.29) is 18.1 Å². The van der Waals surface area contributed by atoms with Gasteiger partial charge in [-0.15, -0.1) is 0 Å². The van der Waals surface area contributed by atoms with Gasteiger partial charge in [0.2, 0.25) is 0 Å². The summed E-state index contributed by atoms with van der Waals surface area (Å²) in [6.45, 7) is 4.14. The maximum Gasteiger partial charge on any atom is 0.255 e. The first-order valence-corrected chi connectivity index (χ1v) is 7.86. The van der Waals surface area contributed by atoms with Crippen molar-refractivity contribution in [2.24, 2.45) is 0 Å². The summed E-state index contributed by atoms with van der Waals surface area (Å²) in [6.07, 6.45) is 3.36. The van der Waals surface area contributed by atoms with Crippen LogP contribution in [0.3, 0.4) is 0 Å². The van der Waals surface area contributed by atoms with Crippen LogP contribution in [-0.2, 0) is 0 Å². The normalized spacial score (nSPS) is 31.4. The zero-order valence-corrected chi connectivity index (χ0v) is 12.6. The van der Waals surface area contributed by atoms with Gasteiger partial charge in [0.1, 0.15) is 11.9 Å². The largest absolute Gasteiger partial charge is 0.489 e. The van der Waals surface area contributed by atoms with Crippen molar-refractivity contribution in [1.29, 1.82) is 0 Å². The van der Waals surface area contributed by atoms with Crippen molar-refractivity contribution < 1.29 is 14.6 Å². The van der Waals surface area contributed by atoms with E-state index in [1.165, 1.54) is 0 Å². The van der Waals surface area contributed by atoms with E-state index in [0.29, 0.717) is 17.2 Å². The summed E-state index contributed by atoms with van der Waals surface area (Å²) in [6, 6.07) is 5.59. The summed E-state index contributed by atoms with van der Waals surface area (Å²) >= 11 is 0. The second kappa shape index (κ2) is 5.68. The van der Waals surface area contributed by atoms with Crippen molar-refractivity contribution in [2.75, 3.05) is 0 Å². The predicted molar refractivity (Wildman–Crippen MR) is 80.7 cm³/mol. The summed E-state index contributed by atoms with van der Waals surface area (Å²) in [5, 5.41) is 13.0. The van der Waals surface area contributed by atoms with Gasteiger partial charge in [-0.05, 0) is 25.8 Å². The molecule has 0 aromatic heterocycles. The van der Waals surface area contributed by atoms with Crippen LogP contribution in [0.4, 0.5) is 0 Å². The average molecular weight is 289 g/mol. The standard InChI is InChI=1S/C17H23NO3/c1-10-11(2)21-16-12(10)6-5-7-13(16)17(20)18-14-8-3-4-9-15(14)19/h5-7,10-11,14-15,19H,3-4,8-9H2,1-2H3,(H,18,20)/t10?,11?,14-,15-/m0/s1. The molecule has 0 radical (unpaired) electrons. The number of carbonyl (C=O) groups is 1. The number of hydrogen-bond donors (Lipinski definition) is 2. The molecule has 1 aliphatic carbocycles. The van der Waals surface area contributed by atoms with Crippen molar-refractivity contribution in [3.63, 3.8) is 0 Å². The van der Waals surface area contributed by atoms with Gasteiger partial charge in [-0.3, -0.25) is 4.79 Å². The molecule has 4 atom stereocenters. The second-order valence-corrected chi connectivity index (χ2v) is 6.27. The first-order valence-electron chi connectivity index (χ1n) is 7.86. The lowest BCUT2D eigenvalue weighted by Crippen LogP contribution is -2.45. The third-order valence-electron chi connectivity index (χ3n) is 4.83. The Morgan fingerprint density at radius 3 is 2.81 bits per heavy atom. The molecule has 1 saturated carbocycles. The molecule has 1 aromatic carbocycles. The van der Waals surface area contributed by atoms with Gasteiger partial charge in [0, 0.05) is 11.5 Å². The quantitative estimate of drug-likeness (QED) is 0.880. The fourth-order valence-corrected chi connectivity index (χ4v) is 3.29. The van der Waals surface area contributed by atoms with Crippen LogP contribution in [0.25, 0.3) is 0 Å². The second-order valence-electron chi connectivity index (χ2n) is 6.27. The lowest BCUT2D eigenvalue weighted by molar-refractivity contribution is 0.0714. The molecule has 2 aliphatic rings. The number of para-hydroxylation sites is 1. The minimum Gasteiger partial charge on any atom is -0.489 e. The van der Waals surface area contributed by atoms with Crippen LogP contribution in [0.1, 0.15) is 61.4 Å². The van der Waals surface area contributed by atoms with Gasteiger partial charge in [0.15, 0.2) is 0 Å². The van der Waals surface area contributed by atoms with Crippen LogP contribution in [0.5, 0.6) is 5.75 Å². The summed E-state index contributed by atoms with van der Waals surface area (Å²) < 4.78 is 5.86. The average Bonchev–Trinajstić information content (AvgIpc) is 2.77. The highest BCUT2D eigenvalue weighted by Gasteiger charge is 2.32. The number of ether oxygens (including phenoxy) is 1. The first kappa shape index (κ1) is 14.4. The van der Waals surface area contributed by atoms with Crippen LogP contribution in [0.15, 0.2) is 18.2 Å². The highest BCUT2D eigenvalue weighted by atomic mass is 16.5. The maximum atomic E-state index is 12.5. The number of aliphatic hydroxyl groups excluding tert-OH is 1. The van der Waals surface area contributed by atoms with E-state index in [9.17, 15) is 9.90 Å². The molecule has 0 spiro atoms. The molecule has 1 amide bonds. The number of aliphatic hydroxyl groups is 1. The highest BCUT2D eigenvalue weighted by Crippen LogP contribution is 2.40. The van der Waals surface area contributed by atoms with E-state index in [1.807, 2.05) is 19.1 Å². The molecule has 0 bridgehead atoms. The topological polar surface area (TPSA) is 58.6 Å². The monoisotopic (exact) mass is 289 g/mol. The van der Waals surface area contributed by atoms with Gasteiger partial charge in [-0.1, -0.05) is 31.9 Å². The lowest BCUT2D eigenvalue weighted by atomic mass is 9.92. The van der Waals surface area contributed by atoms with Crippen LogP contribution < -0.4 is 10.1 Å². The zero-order valence-electron chi connectivity index (χ0n) is 12.6. The molecule has 1 fully saturated rings. The van der Waals surface area contributed by atoms with Gasteiger partial charge < -0.3 is 15.2 Å². The fraction of sp³-hybridized carbons (Fsp3) is 0.588. The zero-order chi connectivity index (χ0) is 15.0. The predicted octanol–water partition coefficient (Wildman–Crippen LogP) is 2.60. The van der Waals surface area contributed by atoms with E-state index in [4.69, 9.17) is 4.74 Å². The number of nitrogens with one attached hydrogen (secondary N) is 1. The van der Waals surface area contributed by atoms with Gasteiger partial charge in [-0.2, -0.15) is 0 Å². The number of fused-ring (bicyclic) bond motifs is 1. The Bertz CT molecular complexity index is 543. The van der Waals surface area contributed by atoms with Crippen molar-refractivity contribution in [2.45, 2.75) is 63.7 Å². The van der Waals surface area contributed by atoms with E-state index in [2.05, 4.69) is 12.2 Å². The molecule has 4 heteroatoms. The van der Waals surface area contributed by atoms with E-state index < -0.39 is 6.10 Å². The summed E-state index contributed by atoms with van der Waals surface area (Å²) in [5.74, 6) is 0.868. The third-order valence-corrected chi connectivity index (χ3v) is 4.83. The molecule has 21 heavy (non-hydrogen) atoms. The molecule has 1 heterocycles. The minimum atomic E-state index is -0.432. The number of benzene rings is 1. The minimum absolute atomic E-state index is 0.0919. The molecule has 1 aromatic rings. The van der Waals surface area contributed by atoms with Crippen molar-refractivity contribution in [3.05, 3.63) is 29.3 Å². The Balaban J connectivity index is 1.80. The molecule has 2 N–H and O–H groups in total. The lowest BCUT2D eigenvalue weighted by Gasteiger charge is -2.28. The first-order chi connectivity index (χ1) is 10.1. The van der Waals surface area contributed by atoms with E-state index in [0.717, 1.165) is 31.2 Å². The molecule has 2 unspecified atom stereocenters. The van der Waals surface area contributed by atoms with Gasteiger partial charge in [0.05, 0.1) is 17.7 Å². The molecule has 3 rings (SSSR count). The Hall–Kier alpha value is -1.55. The summed E-state index contributed by atoms with van der Waals surface area (Å²) in [7, 11) is 0. The van der Waals surface area contributed by atoms with Gasteiger partial charge in [-0.25, -0.2) is 0 Å². The van der Waals surface area contributed by atoms with Gasteiger partial charge in [0.25, 0.3) is 5.91 Å². The number of amides is 1. The maximum absolute atomic E-state index is 12.5. The molecular weight excluding hydrogens is 266 g/mol. The van der Waals surface area contributed by atoms with E-state index in [1.54, 1.807) is 6.07 Å². The smallest absolute Gasteiger partial charge is 0.255 e. The van der Waals surface area contributed by atoms with Crippen molar-refractivity contribution in [3.8, 4) is 5.75 Å². The Kier molecular flexibility index (Phi) is 3.89. The highest BCUT2D eigenvalue weighted by molar-refractivity contribution is 5.97. The SMILES string of the molecule is CC1Oc2c(C(=O)N[C@H]3CCCC[C@@H]3O)cccc2C1C. The molecular formula is C17H23NO3. The number of carbonyl (C=O) groups excluding carboxylic acids is 1. The Morgan fingerprint density at radius 2 is 2.05 bits per heavy atom. The number of hydrogen-bond acceptors (Lipinski definition) is 3. The van der Waals surface area contributed by atoms with Crippen LogP contribution in [-0.4, -0.2) is 29.3 Å². The van der Waals surface area contributed by atoms with Gasteiger partial charge >= 0.3 is 0 Å². The molecule has 114 valence electrons. The molecule has 1 aliphatic heterocycles. The number of rotatable bonds is 2. The molecule has 0 saturated heterocycles. The van der Waals surface area contributed by atoms with Crippen LogP contribution in [0, 0.1) is 0 Å². The Morgan fingerprint density at radius 1 is 1.29 bits per heavy atom. The third kappa shape index (κ3) is 2.64. The van der Waals surface area contributed by atoms with E-state index >= 15 is 0 Å². The fourth-order valence-electron chi connectivity index (χ4n) is 3.29. The van der Waals surface area contributed by atoms with Crippen molar-refractivity contribution >= 4 is 5.91 Å². The summed E-state index contributed by atoms with van der Waals surface area (Å²) in [5.41, 5.74) is 1.68. The summed E-state index contributed by atoms with van der Waals surface area (Å²) in [4.78, 5) is 12.5.